The van der Waals surface area contributed by atoms with E-state index in [-0.39, 0.29) is 6.10 Å². The number of rotatable bonds is 8. The van der Waals surface area contributed by atoms with E-state index in [1.54, 1.807) is 0 Å². The third kappa shape index (κ3) is 5.90. The van der Waals surface area contributed by atoms with E-state index in [1.165, 1.54) is 64.2 Å². The predicted octanol–water partition coefficient (Wildman–Crippen LogP) is 4.92. The van der Waals surface area contributed by atoms with Crippen molar-refractivity contribution in [2.45, 2.75) is 90.6 Å². The molecule has 1 fully saturated rings. The highest BCUT2D eigenvalue weighted by Gasteiger charge is 2.28. The van der Waals surface area contributed by atoms with Crippen molar-refractivity contribution in [3.63, 3.8) is 0 Å². The summed E-state index contributed by atoms with van der Waals surface area (Å²) in [6.07, 6.45) is 14.4. The van der Waals surface area contributed by atoms with E-state index in [1.807, 2.05) is 0 Å². The molecule has 0 aliphatic heterocycles. The fourth-order valence-corrected chi connectivity index (χ4v) is 3.26. The Hall–Kier alpha value is -0.0400. The summed E-state index contributed by atoms with van der Waals surface area (Å²) in [5.41, 5.74) is 0. The Labute approximate surface area is 108 Å². The van der Waals surface area contributed by atoms with Crippen LogP contribution in [0.3, 0.4) is 0 Å². The molecule has 3 unspecified atom stereocenters. The van der Waals surface area contributed by atoms with Gasteiger partial charge in [0.1, 0.15) is 0 Å². The first-order valence-electron chi connectivity index (χ1n) is 7.96. The molecule has 17 heavy (non-hydrogen) atoms. The summed E-state index contributed by atoms with van der Waals surface area (Å²) < 4.78 is 0. The van der Waals surface area contributed by atoms with Crippen LogP contribution in [-0.4, -0.2) is 11.2 Å². The molecule has 1 heteroatoms. The van der Waals surface area contributed by atoms with Crippen LogP contribution >= 0.6 is 0 Å². The van der Waals surface area contributed by atoms with Crippen LogP contribution in [-0.2, 0) is 0 Å². The highest BCUT2D eigenvalue weighted by molar-refractivity contribution is 4.79. The van der Waals surface area contributed by atoms with Gasteiger partial charge >= 0.3 is 0 Å². The molecule has 0 radical (unpaired) electrons. The Morgan fingerprint density at radius 2 is 1.53 bits per heavy atom. The normalized spacial score (nSPS) is 29.5. The summed E-state index contributed by atoms with van der Waals surface area (Å²) >= 11 is 0. The SMILES string of the molecule is CCCCCC1CCC(O)C(CCCCC)C1. The minimum absolute atomic E-state index is 0.00859. The van der Waals surface area contributed by atoms with Crippen LogP contribution in [0.1, 0.15) is 84.5 Å². The van der Waals surface area contributed by atoms with Crippen LogP contribution in [0.4, 0.5) is 0 Å². The van der Waals surface area contributed by atoms with Crippen LogP contribution in [0, 0.1) is 11.8 Å². The summed E-state index contributed by atoms with van der Waals surface area (Å²) in [4.78, 5) is 0. The lowest BCUT2D eigenvalue weighted by molar-refractivity contribution is 0.0402. The molecule has 0 aromatic carbocycles. The maximum atomic E-state index is 10.1. The molecule has 0 aromatic rings. The molecule has 0 heterocycles. The van der Waals surface area contributed by atoms with Gasteiger partial charge in [0.05, 0.1) is 6.10 Å². The first-order valence-corrected chi connectivity index (χ1v) is 7.96. The Morgan fingerprint density at radius 3 is 2.18 bits per heavy atom. The highest BCUT2D eigenvalue weighted by atomic mass is 16.3. The Balaban J connectivity index is 2.21. The smallest absolute Gasteiger partial charge is 0.0568 e. The number of hydrogen-bond donors (Lipinski definition) is 1. The number of hydrogen-bond acceptors (Lipinski definition) is 1. The van der Waals surface area contributed by atoms with Gasteiger partial charge in [-0.2, -0.15) is 0 Å². The van der Waals surface area contributed by atoms with Crippen LogP contribution in [0.2, 0.25) is 0 Å². The van der Waals surface area contributed by atoms with Crippen LogP contribution in [0.5, 0.6) is 0 Å². The zero-order valence-electron chi connectivity index (χ0n) is 12.0. The van der Waals surface area contributed by atoms with Gasteiger partial charge in [0.25, 0.3) is 0 Å². The third-order valence-corrected chi connectivity index (χ3v) is 4.45. The molecule has 0 aromatic heterocycles. The largest absolute Gasteiger partial charge is 0.393 e. The van der Waals surface area contributed by atoms with Crippen molar-refractivity contribution < 1.29 is 5.11 Å². The topological polar surface area (TPSA) is 20.2 Å². The fraction of sp³-hybridized carbons (Fsp3) is 1.00. The second-order valence-electron chi connectivity index (χ2n) is 6.00. The first kappa shape index (κ1) is 15.0. The second kappa shape index (κ2) is 8.97. The van der Waals surface area contributed by atoms with Crippen molar-refractivity contribution in [1.29, 1.82) is 0 Å². The zero-order valence-corrected chi connectivity index (χ0v) is 12.0. The molecule has 1 saturated carbocycles. The van der Waals surface area contributed by atoms with Crippen LogP contribution < -0.4 is 0 Å². The molecule has 1 nitrogen and oxygen atoms in total. The average Bonchev–Trinajstić information content (AvgIpc) is 2.33. The lowest BCUT2D eigenvalue weighted by Gasteiger charge is -2.33. The molecule has 3 atom stereocenters. The minimum Gasteiger partial charge on any atom is -0.393 e. The summed E-state index contributed by atoms with van der Waals surface area (Å²) in [5.74, 6) is 1.53. The van der Waals surface area contributed by atoms with Gasteiger partial charge in [-0.05, 0) is 37.5 Å². The summed E-state index contributed by atoms with van der Waals surface area (Å²) in [6, 6.07) is 0. The fourth-order valence-electron chi connectivity index (χ4n) is 3.26. The molecule has 1 aliphatic rings. The summed E-state index contributed by atoms with van der Waals surface area (Å²) in [6.45, 7) is 4.53. The molecule has 0 saturated heterocycles. The lowest BCUT2D eigenvalue weighted by Crippen LogP contribution is -2.29. The van der Waals surface area contributed by atoms with E-state index in [9.17, 15) is 5.11 Å². The number of aliphatic hydroxyl groups excluding tert-OH is 1. The quantitative estimate of drug-likeness (QED) is 0.597. The molecule has 0 spiro atoms. The minimum atomic E-state index is 0.00859. The average molecular weight is 240 g/mol. The number of aliphatic hydroxyl groups is 1. The van der Waals surface area contributed by atoms with Gasteiger partial charge in [-0.15, -0.1) is 0 Å². The Kier molecular flexibility index (Phi) is 7.92. The lowest BCUT2D eigenvalue weighted by atomic mass is 9.75. The van der Waals surface area contributed by atoms with Gasteiger partial charge in [0.15, 0.2) is 0 Å². The van der Waals surface area contributed by atoms with E-state index in [0.29, 0.717) is 5.92 Å². The van der Waals surface area contributed by atoms with Crippen molar-refractivity contribution in [2.75, 3.05) is 0 Å². The van der Waals surface area contributed by atoms with Gasteiger partial charge in [0.2, 0.25) is 0 Å². The molecule has 1 aliphatic carbocycles. The molecule has 1 rings (SSSR count). The van der Waals surface area contributed by atoms with Crippen molar-refractivity contribution in [3.8, 4) is 0 Å². The molecular formula is C16H32O. The molecular weight excluding hydrogens is 208 g/mol. The van der Waals surface area contributed by atoms with Crippen molar-refractivity contribution in [2.24, 2.45) is 11.8 Å². The number of unbranched alkanes of at least 4 members (excludes halogenated alkanes) is 4. The maximum Gasteiger partial charge on any atom is 0.0568 e. The Morgan fingerprint density at radius 1 is 0.882 bits per heavy atom. The summed E-state index contributed by atoms with van der Waals surface area (Å²) in [7, 11) is 0. The van der Waals surface area contributed by atoms with Gasteiger partial charge in [0, 0.05) is 0 Å². The van der Waals surface area contributed by atoms with E-state index in [4.69, 9.17) is 0 Å². The van der Waals surface area contributed by atoms with E-state index in [0.717, 1.165) is 12.3 Å². The van der Waals surface area contributed by atoms with E-state index < -0.39 is 0 Å². The molecule has 102 valence electrons. The van der Waals surface area contributed by atoms with Crippen LogP contribution in [0.25, 0.3) is 0 Å². The van der Waals surface area contributed by atoms with Crippen molar-refractivity contribution in [1.82, 2.24) is 0 Å². The second-order valence-corrected chi connectivity index (χ2v) is 6.00. The van der Waals surface area contributed by atoms with Gasteiger partial charge < -0.3 is 5.11 Å². The van der Waals surface area contributed by atoms with Crippen molar-refractivity contribution >= 4 is 0 Å². The van der Waals surface area contributed by atoms with Gasteiger partial charge in [-0.1, -0.05) is 58.8 Å². The first-order chi connectivity index (χ1) is 8.27. The van der Waals surface area contributed by atoms with Crippen molar-refractivity contribution in [3.05, 3.63) is 0 Å². The molecule has 0 bridgehead atoms. The van der Waals surface area contributed by atoms with Gasteiger partial charge in [-0.25, -0.2) is 0 Å². The Bertz CT molecular complexity index is 178. The standard InChI is InChI=1S/C16H32O/c1-3-5-7-9-14-11-12-16(17)15(13-14)10-8-6-4-2/h14-17H,3-13H2,1-2H3. The van der Waals surface area contributed by atoms with E-state index in [2.05, 4.69) is 13.8 Å². The van der Waals surface area contributed by atoms with Crippen LogP contribution in [0.15, 0.2) is 0 Å². The highest BCUT2D eigenvalue weighted by Crippen LogP contribution is 2.35. The van der Waals surface area contributed by atoms with E-state index >= 15 is 0 Å². The zero-order chi connectivity index (χ0) is 12.5. The third-order valence-electron chi connectivity index (χ3n) is 4.45. The molecule has 1 N–H and O–H groups in total. The summed E-state index contributed by atoms with van der Waals surface area (Å²) in [5, 5.41) is 10.1. The predicted molar refractivity (Wildman–Crippen MR) is 75.1 cm³/mol. The monoisotopic (exact) mass is 240 g/mol. The molecule has 0 amide bonds. The van der Waals surface area contributed by atoms with Gasteiger partial charge in [-0.3, -0.25) is 0 Å². The maximum absolute atomic E-state index is 10.1.